The number of rotatable bonds is 5. The van der Waals surface area contributed by atoms with E-state index in [4.69, 9.17) is 14.7 Å². The predicted octanol–water partition coefficient (Wildman–Crippen LogP) is 7.62. The van der Waals surface area contributed by atoms with Crippen LogP contribution in [0.4, 0.5) is 11.5 Å². The largest absolute Gasteiger partial charge is 0.497 e. The minimum absolute atomic E-state index is 0.748. The molecule has 0 spiro atoms. The van der Waals surface area contributed by atoms with Gasteiger partial charge in [-0.05, 0) is 48.7 Å². The molecule has 0 fully saturated rings. The van der Waals surface area contributed by atoms with Crippen LogP contribution >= 0.6 is 11.3 Å². The van der Waals surface area contributed by atoms with Crippen molar-refractivity contribution in [2.24, 2.45) is 0 Å². The van der Waals surface area contributed by atoms with Gasteiger partial charge in [0.1, 0.15) is 22.2 Å². The molecule has 168 valence electrons. The average Bonchev–Trinajstić information content (AvgIpc) is 3.45. The van der Waals surface area contributed by atoms with Gasteiger partial charge in [0.15, 0.2) is 0 Å². The number of methoxy groups -OCH3 is 1. The third-order valence-corrected chi connectivity index (χ3v) is 7.18. The zero-order valence-corrected chi connectivity index (χ0v) is 20.1. The fourth-order valence-electron chi connectivity index (χ4n) is 4.62. The van der Waals surface area contributed by atoms with Crippen LogP contribution in [0.2, 0.25) is 0 Å². The molecule has 0 aliphatic carbocycles. The Hall–Kier alpha value is -3.90. The molecule has 0 aliphatic heterocycles. The first-order valence-corrected chi connectivity index (χ1v) is 12.2. The molecule has 3 aromatic heterocycles. The summed E-state index contributed by atoms with van der Waals surface area (Å²) in [4.78, 5) is 14.1. The number of hydrogen-bond donors (Lipinski definition) is 2. The second-order valence-corrected chi connectivity index (χ2v) is 9.24. The fourth-order valence-corrected chi connectivity index (χ4v) is 5.61. The topological polar surface area (TPSA) is 62.8 Å². The molecule has 6 rings (SSSR count). The van der Waals surface area contributed by atoms with Gasteiger partial charge in [0.2, 0.25) is 0 Å². The van der Waals surface area contributed by atoms with Crippen LogP contribution < -0.4 is 10.1 Å². The fraction of sp³-hybridized carbons (Fsp3) is 0.143. The van der Waals surface area contributed by atoms with Gasteiger partial charge in [0.05, 0.1) is 12.5 Å². The summed E-state index contributed by atoms with van der Waals surface area (Å²) in [7, 11) is 1.68. The zero-order chi connectivity index (χ0) is 23.2. The summed E-state index contributed by atoms with van der Waals surface area (Å²) in [6.45, 7) is 4.13. The van der Waals surface area contributed by atoms with E-state index in [9.17, 15) is 0 Å². The maximum atomic E-state index is 5.33. The van der Waals surface area contributed by atoms with Crippen molar-refractivity contribution < 1.29 is 4.74 Å². The number of fused-ring (bicyclic) bond motifs is 4. The van der Waals surface area contributed by atoms with Gasteiger partial charge in [-0.25, -0.2) is 9.97 Å². The van der Waals surface area contributed by atoms with E-state index in [0.717, 1.165) is 56.4 Å². The third kappa shape index (κ3) is 3.38. The lowest BCUT2D eigenvalue weighted by atomic mass is 10.1. The first kappa shape index (κ1) is 20.7. The summed E-state index contributed by atoms with van der Waals surface area (Å²) < 4.78 is 5.33. The zero-order valence-electron chi connectivity index (χ0n) is 19.3. The predicted molar refractivity (Wildman–Crippen MR) is 143 cm³/mol. The molecule has 6 aromatic rings. The molecule has 2 N–H and O–H groups in total. The molecule has 0 atom stereocenters. The molecule has 0 radical (unpaired) electrons. The smallest absolute Gasteiger partial charge is 0.143 e. The van der Waals surface area contributed by atoms with Gasteiger partial charge in [-0.3, -0.25) is 0 Å². The van der Waals surface area contributed by atoms with Crippen LogP contribution in [-0.2, 0) is 6.42 Å². The minimum Gasteiger partial charge on any atom is -0.497 e. The van der Waals surface area contributed by atoms with Gasteiger partial charge < -0.3 is 15.0 Å². The van der Waals surface area contributed by atoms with E-state index in [1.54, 1.807) is 18.4 Å². The first-order chi connectivity index (χ1) is 16.6. The highest BCUT2D eigenvalue weighted by atomic mass is 32.1. The van der Waals surface area contributed by atoms with Crippen molar-refractivity contribution in [1.29, 1.82) is 0 Å². The van der Waals surface area contributed by atoms with Crippen LogP contribution in [0.25, 0.3) is 43.1 Å². The van der Waals surface area contributed by atoms with Crippen LogP contribution in [0, 0.1) is 6.92 Å². The minimum atomic E-state index is 0.748. The number of anilines is 2. The van der Waals surface area contributed by atoms with Gasteiger partial charge in [-0.15, -0.1) is 11.3 Å². The Morgan fingerprint density at radius 1 is 1.00 bits per heavy atom. The Morgan fingerprint density at radius 3 is 2.65 bits per heavy atom. The van der Waals surface area contributed by atoms with Crippen molar-refractivity contribution >= 4 is 54.9 Å². The number of aromatic amines is 1. The number of H-pyrrole nitrogens is 1. The highest BCUT2D eigenvalue weighted by Gasteiger charge is 2.16. The number of aromatic nitrogens is 3. The summed E-state index contributed by atoms with van der Waals surface area (Å²) in [6.07, 6.45) is 1.000. The Labute approximate surface area is 201 Å². The van der Waals surface area contributed by atoms with Crippen molar-refractivity contribution in [2.75, 3.05) is 12.4 Å². The lowest BCUT2D eigenvalue weighted by Crippen LogP contribution is -1.98. The van der Waals surface area contributed by atoms with Crippen molar-refractivity contribution in [1.82, 2.24) is 15.0 Å². The van der Waals surface area contributed by atoms with Crippen LogP contribution in [0.5, 0.6) is 5.75 Å². The maximum Gasteiger partial charge on any atom is 0.143 e. The third-order valence-electron chi connectivity index (χ3n) is 6.31. The summed E-state index contributed by atoms with van der Waals surface area (Å²) in [5, 5.41) is 9.26. The summed E-state index contributed by atoms with van der Waals surface area (Å²) in [6, 6.07) is 21.1. The van der Waals surface area contributed by atoms with Gasteiger partial charge in [-0.2, -0.15) is 0 Å². The number of nitrogens with one attached hydrogen (secondary N) is 2. The van der Waals surface area contributed by atoms with Crippen molar-refractivity contribution in [2.45, 2.75) is 20.3 Å². The molecule has 3 heterocycles. The molecule has 0 saturated heterocycles. The Bertz CT molecular complexity index is 1660. The molecular weight excluding hydrogens is 440 g/mol. The Balaban J connectivity index is 1.46. The van der Waals surface area contributed by atoms with Gasteiger partial charge in [0.25, 0.3) is 0 Å². The van der Waals surface area contributed by atoms with E-state index in [2.05, 4.69) is 71.1 Å². The van der Waals surface area contributed by atoms with Crippen LogP contribution in [0.15, 0.2) is 66.0 Å². The van der Waals surface area contributed by atoms with Gasteiger partial charge in [0, 0.05) is 38.4 Å². The van der Waals surface area contributed by atoms with Crippen LogP contribution in [0.3, 0.4) is 0 Å². The van der Waals surface area contributed by atoms with Crippen molar-refractivity contribution in [3.63, 3.8) is 0 Å². The number of benzene rings is 3. The molecule has 0 saturated carbocycles. The highest BCUT2D eigenvalue weighted by Crippen LogP contribution is 2.39. The Kier molecular flexibility index (Phi) is 4.96. The second kappa shape index (κ2) is 8.15. The van der Waals surface area contributed by atoms with Gasteiger partial charge >= 0.3 is 0 Å². The molecule has 0 unspecified atom stereocenters. The number of para-hydroxylation sites is 1. The van der Waals surface area contributed by atoms with Crippen LogP contribution in [-0.4, -0.2) is 22.1 Å². The maximum absolute atomic E-state index is 5.33. The normalized spacial score (nSPS) is 11.5. The van der Waals surface area contributed by atoms with Crippen molar-refractivity contribution in [3.8, 4) is 16.9 Å². The molecule has 0 aliphatic rings. The van der Waals surface area contributed by atoms with E-state index < -0.39 is 0 Å². The highest BCUT2D eigenvalue weighted by molar-refractivity contribution is 7.17. The number of thiophene rings is 1. The Morgan fingerprint density at radius 2 is 1.85 bits per heavy atom. The molecule has 34 heavy (non-hydrogen) atoms. The number of hydrogen-bond acceptors (Lipinski definition) is 5. The van der Waals surface area contributed by atoms with E-state index in [1.807, 2.05) is 19.1 Å². The summed E-state index contributed by atoms with van der Waals surface area (Å²) in [5.74, 6) is 2.41. The second-order valence-electron chi connectivity index (χ2n) is 8.38. The molecule has 0 bridgehead atoms. The summed E-state index contributed by atoms with van der Waals surface area (Å²) in [5.41, 5.74) is 6.88. The molecule has 3 aromatic carbocycles. The number of ether oxygens (including phenoxy) is 1. The van der Waals surface area contributed by atoms with Crippen LogP contribution in [0.1, 0.15) is 18.3 Å². The quantitative estimate of drug-likeness (QED) is 0.275. The SMILES string of the molecule is CCc1cccc2c1[nH]c1cc(Nc3nc(C)nc4scc(-c5ccc(OC)cc5)c34)ccc12. The van der Waals surface area contributed by atoms with E-state index in [1.165, 1.54) is 21.9 Å². The average molecular weight is 465 g/mol. The van der Waals surface area contributed by atoms with Gasteiger partial charge in [-0.1, -0.05) is 43.3 Å². The lowest BCUT2D eigenvalue weighted by Gasteiger charge is -2.10. The number of nitrogens with zero attached hydrogens (tertiary/aromatic N) is 2. The lowest BCUT2D eigenvalue weighted by molar-refractivity contribution is 0.415. The van der Waals surface area contributed by atoms with E-state index in [-0.39, 0.29) is 0 Å². The first-order valence-electron chi connectivity index (χ1n) is 11.3. The standard InChI is InChI=1S/C28H24N4OS/c1-4-17-6-5-7-22-21-13-10-19(14-24(21)32-26(17)22)31-27-25-23(15-34-28(25)30-16(2)29-27)18-8-11-20(33-3)12-9-18/h5-15,32H,4H2,1-3H3,(H,29,30,31). The molecule has 0 amide bonds. The molecule has 5 nitrogen and oxygen atoms in total. The summed E-state index contributed by atoms with van der Waals surface area (Å²) >= 11 is 1.64. The monoisotopic (exact) mass is 464 g/mol. The van der Waals surface area contributed by atoms with E-state index >= 15 is 0 Å². The van der Waals surface area contributed by atoms with E-state index in [0.29, 0.717) is 0 Å². The number of aryl methyl sites for hydroxylation is 2. The van der Waals surface area contributed by atoms with Crippen molar-refractivity contribution in [3.05, 3.63) is 77.4 Å². The molecule has 6 heteroatoms. The molecular formula is C28H24N4OS.